The van der Waals surface area contributed by atoms with Crippen LogP contribution in [0.25, 0.3) is 11.8 Å². The van der Waals surface area contributed by atoms with Crippen molar-refractivity contribution < 1.29 is 19.2 Å². The molecule has 0 spiro atoms. The minimum atomic E-state index is -0.510. The molecule has 1 aliphatic rings. The molecular weight excluding hydrogens is 449 g/mol. The van der Waals surface area contributed by atoms with Gasteiger partial charge in [-0.1, -0.05) is 29.8 Å². The predicted octanol–water partition coefficient (Wildman–Crippen LogP) is 4.50. The van der Waals surface area contributed by atoms with Crippen molar-refractivity contribution in [2.45, 2.75) is 6.92 Å². The Morgan fingerprint density at radius 3 is 2.54 bits per heavy atom. The Bertz CT molecular complexity index is 961. The number of nitro benzene ring substituents is 1. The molecule has 0 saturated carbocycles. The number of hydrogen-bond acceptors (Lipinski definition) is 5. The molecule has 0 saturated heterocycles. The highest BCUT2D eigenvalue weighted by molar-refractivity contribution is 14.1. The van der Waals surface area contributed by atoms with Gasteiger partial charge in [-0.2, -0.15) is 0 Å². The maximum atomic E-state index is 12.2. The van der Waals surface area contributed by atoms with E-state index >= 15 is 0 Å². The molecular formula is C19H14INO5. The summed E-state index contributed by atoms with van der Waals surface area (Å²) in [5, 5.41) is 11.2. The number of benzene rings is 2. The number of ether oxygens (including phenoxy) is 2. The van der Waals surface area contributed by atoms with E-state index < -0.39 is 10.9 Å². The van der Waals surface area contributed by atoms with E-state index in [2.05, 4.69) is 0 Å². The Morgan fingerprint density at radius 2 is 1.92 bits per heavy atom. The molecule has 2 aromatic rings. The lowest BCUT2D eigenvalue weighted by atomic mass is 10.1. The lowest BCUT2D eigenvalue weighted by Crippen LogP contribution is -1.99. The Hall–Kier alpha value is -2.68. The first-order valence-electron chi connectivity index (χ1n) is 7.63. The molecule has 0 N–H and O–H groups in total. The van der Waals surface area contributed by atoms with E-state index in [9.17, 15) is 14.9 Å². The van der Waals surface area contributed by atoms with E-state index in [1.54, 1.807) is 18.2 Å². The lowest BCUT2D eigenvalue weighted by molar-refractivity contribution is -0.385. The Balaban J connectivity index is 2.00. The molecule has 0 atom stereocenters. The van der Waals surface area contributed by atoms with Crippen molar-refractivity contribution in [3.8, 4) is 5.75 Å². The Morgan fingerprint density at radius 1 is 1.23 bits per heavy atom. The first kappa shape index (κ1) is 18.1. The number of carbonyl (C=O) groups excluding carboxylic acids is 1. The van der Waals surface area contributed by atoms with E-state index in [1.807, 2.05) is 53.8 Å². The van der Waals surface area contributed by atoms with Crippen LogP contribution in [0.3, 0.4) is 0 Å². The predicted molar refractivity (Wildman–Crippen MR) is 106 cm³/mol. The first-order valence-corrected chi connectivity index (χ1v) is 8.71. The monoisotopic (exact) mass is 463 g/mol. The number of carbonyl (C=O) groups is 1. The summed E-state index contributed by atoms with van der Waals surface area (Å²) in [6, 6.07) is 10.7. The van der Waals surface area contributed by atoms with Gasteiger partial charge in [-0.3, -0.25) is 10.1 Å². The quantitative estimate of drug-likeness (QED) is 0.220. The average molecular weight is 463 g/mol. The molecule has 0 unspecified atom stereocenters. The van der Waals surface area contributed by atoms with Crippen molar-refractivity contribution in [3.63, 3.8) is 0 Å². The number of esters is 1. The molecule has 1 aliphatic heterocycles. The summed E-state index contributed by atoms with van der Waals surface area (Å²) >= 11 is 1.96. The van der Waals surface area contributed by atoms with Gasteiger partial charge in [0.25, 0.3) is 0 Å². The van der Waals surface area contributed by atoms with Crippen LogP contribution in [-0.2, 0) is 9.53 Å². The summed E-state index contributed by atoms with van der Waals surface area (Å²) in [4.78, 5) is 22.9. The summed E-state index contributed by atoms with van der Waals surface area (Å²) in [7, 11) is 1.38. The van der Waals surface area contributed by atoms with E-state index in [1.165, 1.54) is 13.2 Å². The number of nitrogens with zero attached hydrogens (tertiary/aromatic N) is 1. The van der Waals surface area contributed by atoms with Crippen molar-refractivity contribution in [1.29, 1.82) is 0 Å². The van der Waals surface area contributed by atoms with E-state index in [0.29, 0.717) is 20.5 Å². The van der Waals surface area contributed by atoms with Gasteiger partial charge in [0.2, 0.25) is 5.75 Å². The highest BCUT2D eigenvalue weighted by Crippen LogP contribution is 2.35. The molecule has 3 rings (SSSR count). The van der Waals surface area contributed by atoms with Crippen LogP contribution >= 0.6 is 22.6 Å². The second-order valence-electron chi connectivity index (χ2n) is 5.68. The standard InChI is InChI=1S/C19H14INO5/c1-11-3-5-13(6-4-11)17-10-14(19(22)26-17)7-12-8-15(20)18(25-2)16(9-12)21(23)24/h3-10H,1-2H3/b14-7+. The summed E-state index contributed by atoms with van der Waals surface area (Å²) in [6.07, 6.45) is 3.20. The molecule has 7 heteroatoms. The SMILES string of the molecule is COc1c(I)cc(/C=C2\C=C(c3ccc(C)cc3)OC2=O)cc1[N+](=O)[O-]. The highest BCUT2D eigenvalue weighted by Gasteiger charge is 2.23. The fourth-order valence-corrected chi connectivity index (χ4v) is 3.41. The van der Waals surface area contributed by atoms with Crippen molar-refractivity contribution in [1.82, 2.24) is 0 Å². The molecule has 0 bridgehead atoms. The van der Waals surface area contributed by atoms with Gasteiger partial charge in [0.15, 0.2) is 0 Å². The van der Waals surface area contributed by atoms with Crippen LogP contribution in [0.1, 0.15) is 16.7 Å². The summed E-state index contributed by atoms with van der Waals surface area (Å²) in [6.45, 7) is 1.97. The van der Waals surface area contributed by atoms with Crippen LogP contribution < -0.4 is 4.74 Å². The molecule has 0 radical (unpaired) electrons. The third-order valence-corrected chi connectivity index (χ3v) is 4.63. The third kappa shape index (κ3) is 3.62. The first-order chi connectivity index (χ1) is 12.4. The molecule has 1 heterocycles. The van der Waals surface area contributed by atoms with E-state index in [0.717, 1.165) is 11.1 Å². The zero-order valence-electron chi connectivity index (χ0n) is 14.0. The molecule has 0 aliphatic carbocycles. The smallest absolute Gasteiger partial charge is 0.343 e. The molecule has 0 fully saturated rings. The minimum Gasteiger partial charge on any atom is -0.489 e. The molecule has 6 nitrogen and oxygen atoms in total. The zero-order valence-corrected chi connectivity index (χ0v) is 16.1. The maximum Gasteiger partial charge on any atom is 0.343 e. The van der Waals surface area contributed by atoms with Crippen LogP contribution in [0.2, 0.25) is 0 Å². The largest absolute Gasteiger partial charge is 0.489 e. The van der Waals surface area contributed by atoms with Gasteiger partial charge < -0.3 is 9.47 Å². The van der Waals surface area contributed by atoms with Gasteiger partial charge in [0, 0.05) is 11.6 Å². The second kappa shape index (κ2) is 7.28. The number of aryl methyl sites for hydroxylation is 1. The Kier molecular flexibility index (Phi) is 5.08. The number of nitro groups is 1. The number of methoxy groups -OCH3 is 1. The fourth-order valence-electron chi connectivity index (χ4n) is 2.55. The van der Waals surface area contributed by atoms with Gasteiger partial charge >= 0.3 is 11.7 Å². The van der Waals surface area contributed by atoms with Gasteiger partial charge in [-0.15, -0.1) is 0 Å². The normalized spacial score (nSPS) is 15.0. The Labute approximate surface area is 163 Å². The summed E-state index contributed by atoms with van der Waals surface area (Å²) in [5.41, 5.74) is 2.60. The highest BCUT2D eigenvalue weighted by atomic mass is 127. The molecule has 26 heavy (non-hydrogen) atoms. The van der Waals surface area contributed by atoms with E-state index in [-0.39, 0.29) is 11.4 Å². The van der Waals surface area contributed by atoms with Crippen LogP contribution in [0.15, 0.2) is 48.0 Å². The van der Waals surface area contributed by atoms with Crippen LogP contribution in [-0.4, -0.2) is 18.0 Å². The second-order valence-corrected chi connectivity index (χ2v) is 6.84. The van der Waals surface area contributed by atoms with Gasteiger partial charge in [0.1, 0.15) is 5.76 Å². The average Bonchev–Trinajstić information content (AvgIpc) is 2.95. The molecule has 2 aromatic carbocycles. The number of hydrogen-bond donors (Lipinski definition) is 0. The van der Waals surface area contributed by atoms with Gasteiger partial charge in [-0.05, 0) is 53.3 Å². The number of rotatable bonds is 4. The van der Waals surface area contributed by atoms with Crippen molar-refractivity contribution in [2.75, 3.05) is 7.11 Å². The van der Waals surface area contributed by atoms with Crippen LogP contribution in [0.4, 0.5) is 5.69 Å². The lowest BCUT2D eigenvalue weighted by Gasteiger charge is -2.05. The van der Waals surface area contributed by atoms with Crippen LogP contribution in [0.5, 0.6) is 5.75 Å². The number of halogens is 1. The zero-order chi connectivity index (χ0) is 18.8. The van der Waals surface area contributed by atoms with Crippen molar-refractivity contribution in [3.05, 3.63) is 78.4 Å². The maximum absolute atomic E-state index is 12.2. The molecule has 0 aromatic heterocycles. The fraction of sp³-hybridized carbons (Fsp3) is 0.105. The summed E-state index contributed by atoms with van der Waals surface area (Å²) < 4.78 is 11.0. The molecule has 132 valence electrons. The minimum absolute atomic E-state index is 0.152. The van der Waals surface area contributed by atoms with Crippen molar-refractivity contribution in [2.24, 2.45) is 0 Å². The summed E-state index contributed by atoms with van der Waals surface area (Å²) in [5.74, 6) is 0.163. The van der Waals surface area contributed by atoms with Gasteiger partial charge in [0.05, 0.1) is 21.2 Å². The topological polar surface area (TPSA) is 78.7 Å². The van der Waals surface area contributed by atoms with E-state index in [4.69, 9.17) is 9.47 Å². The molecule has 0 amide bonds. The van der Waals surface area contributed by atoms with Crippen LogP contribution in [0, 0.1) is 20.6 Å². The van der Waals surface area contributed by atoms with Crippen molar-refractivity contribution >= 4 is 46.1 Å². The third-order valence-electron chi connectivity index (χ3n) is 3.83. The van der Waals surface area contributed by atoms with Gasteiger partial charge in [-0.25, -0.2) is 4.79 Å². The number of cyclic esters (lactones) is 1.